The molecule has 1 amide bonds. The van der Waals surface area contributed by atoms with Crippen molar-refractivity contribution in [1.82, 2.24) is 24.5 Å². The van der Waals surface area contributed by atoms with E-state index in [2.05, 4.69) is 21.9 Å². The number of ether oxygens (including phenoxy) is 1. The van der Waals surface area contributed by atoms with Crippen LogP contribution in [0.4, 0.5) is 0 Å². The van der Waals surface area contributed by atoms with Crippen molar-refractivity contribution in [2.24, 2.45) is 12.8 Å². The Kier molecular flexibility index (Phi) is 6.06. The summed E-state index contributed by atoms with van der Waals surface area (Å²) in [5, 5.41) is 4.29. The zero-order valence-electron chi connectivity index (χ0n) is 15.3. The number of rotatable bonds is 4. The van der Waals surface area contributed by atoms with Crippen molar-refractivity contribution in [1.29, 1.82) is 0 Å². The quantitative estimate of drug-likeness (QED) is 0.772. The molecule has 3 heterocycles. The van der Waals surface area contributed by atoms with E-state index < -0.39 is 0 Å². The number of nitrogens with two attached hydrogens (primary N) is 1. The first-order valence-corrected chi connectivity index (χ1v) is 9.09. The third-order valence-electron chi connectivity index (χ3n) is 5.16. The van der Waals surface area contributed by atoms with Gasteiger partial charge in [-0.3, -0.25) is 14.4 Å². The maximum absolute atomic E-state index is 12.4. The van der Waals surface area contributed by atoms with Crippen LogP contribution >= 0.6 is 0 Å². The van der Waals surface area contributed by atoms with E-state index in [4.69, 9.17) is 10.5 Å². The zero-order chi connectivity index (χ0) is 17.8. The number of nitrogens with zero attached hydrogens (tertiary/aromatic N) is 5. The Morgan fingerprint density at radius 2 is 2.12 bits per heavy atom. The fourth-order valence-corrected chi connectivity index (χ4v) is 3.81. The summed E-state index contributed by atoms with van der Waals surface area (Å²) < 4.78 is 7.89. The first kappa shape index (κ1) is 18.3. The summed E-state index contributed by atoms with van der Waals surface area (Å²) in [6.45, 7) is 6.27. The van der Waals surface area contributed by atoms with Crippen molar-refractivity contribution < 1.29 is 9.53 Å². The molecule has 2 aliphatic heterocycles. The molecule has 8 heteroatoms. The van der Waals surface area contributed by atoms with Crippen molar-refractivity contribution in [2.75, 3.05) is 59.5 Å². The van der Waals surface area contributed by atoms with Gasteiger partial charge in [0.25, 0.3) is 0 Å². The summed E-state index contributed by atoms with van der Waals surface area (Å²) in [6.07, 6.45) is 4.90. The molecule has 8 nitrogen and oxygen atoms in total. The van der Waals surface area contributed by atoms with Gasteiger partial charge in [-0.05, 0) is 26.6 Å². The minimum Gasteiger partial charge on any atom is -0.373 e. The highest BCUT2D eigenvalue weighted by Gasteiger charge is 2.37. The fourth-order valence-electron chi connectivity index (χ4n) is 3.81. The lowest BCUT2D eigenvalue weighted by Crippen LogP contribution is -2.53. The molecule has 0 radical (unpaired) electrons. The molecule has 3 rings (SSSR count). The molecule has 1 aromatic rings. The van der Waals surface area contributed by atoms with Crippen LogP contribution in [0.5, 0.6) is 0 Å². The number of aryl methyl sites for hydroxylation is 1. The number of hydrogen-bond acceptors (Lipinski definition) is 6. The van der Waals surface area contributed by atoms with E-state index in [1.54, 1.807) is 4.68 Å². The normalized spacial score (nSPS) is 26.6. The van der Waals surface area contributed by atoms with Gasteiger partial charge in [0.15, 0.2) is 0 Å². The van der Waals surface area contributed by atoms with Crippen LogP contribution in [0.25, 0.3) is 0 Å². The predicted octanol–water partition coefficient (Wildman–Crippen LogP) is -0.715. The van der Waals surface area contributed by atoms with Crippen LogP contribution in [0.2, 0.25) is 0 Å². The van der Waals surface area contributed by atoms with Gasteiger partial charge in [0.05, 0.1) is 31.5 Å². The second kappa shape index (κ2) is 8.27. The molecule has 2 saturated heterocycles. The second-order valence-electron chi connectivity index (χ2n) is 7.05. The SMILES string of the molecule is CN1CCCN(C[C@@H]2OCCN(C(=O)CN)[C@H]2c2cnn(C)c2)CC1. The highest BCUT2D eigenvalue weighted by molar-refractivity contribution is 5.78. The summed E-state index contributed by atoms with van der Waals surface area (Å²) in [6, 6.07) is -0.125. The van der Waals surface area contributed by atoms with Crippen LogP contribution in [0.1, 0.15) is 18.0 Å². The summed E-state index contributed by atoms with van der Waals surface area (Å²) in [4.78, 5) is 19.1. The van der Waals surface area contributed by atoms with Gasteiger partial charge < -0.3 is 20.3 Å². The molecule has 1 aromatic heterocycles. The molecule has 0 spiro atoms. The molecule has 0 aromatic carbocycles. The summed E-state index contributed by atoms with van der Waals surface area (Å²) in [7, 11) is 4.06. The smallest absolute Gasteiger partial charge is 0.236 e. The van der Waals surface area contributed by atoms with Gasteiger partial charge >= 0.3 is 0 Å². The van der Waals surface area contributed by atoms with E-state index in [-0.39, 0.29) is 24.6 Å². The molecule has 2 fully saturated rings. The van der Waals surface area contributed by atoms with Gasteiger partial charge in [-0.25, -0.2) is 0 Å². The lowest BCUT2D eigenvalue weighted by molar-refractivity contribution is -0.147. The highest BCUT2D eigenvalue weighted by atomic mass is 16.5. The Morgan fingerprint density at radius 3 is 2.84 bits per heavy atom. The lowest BCUT2D eigenvalue weighted by atomic mass is 10.00. The van der Waals surface area contributed by atoms with E-state index in [0.29, 0.717) is 13.2 Å². The Hall–Kier alpha value is -1.48. The number of likely N-dealkylation sites (N-methyl/N-ethyl adjacent to an activating group) is 1. The Balaban J connectivity index is 1.78. The number of carbonyl (C=O) groups excluding carboxylic acids is 1. The standard InChI is InChI=1S/C17H30N6O2/c1-20-4-3-5-22(7-6-20)13-15-17(14-11-19-21(2)12-14)23(8-9-25-15)16(24)10-18/h11-12,15,17H,3-10,13,18H2,1-2H3/t15-,17-/m0/s1. The summed E-state index contributed by atoms with van der Waals surface area (Å²) >= 11 is 0. The molecule has 2 aliphatic rings. The monoisotopic (exact) mass is 350 g/mol. The largest absolute Gasteiger partial charge is 0.373 e. The van der Waals surface area contributed by atoms with E-state index in [9.17, 15) is 4.79 Å². The van der Waals surface area contributed by atoms with Gasteiger partial charge in [-0.1, -0.05) is 0 Å². The van der Waals surface area contributed by atoms with E-state index >= 15 is 0 Å². The van der Waals surface area contributed by atoms with Crippen LogP contribution in [0.15, 0.2) is 12.4 Å². The van der Waals surface area contributed by atoms with Crippen molar-refractivity contribution in [3.63, 3.8) is 0 Å². The zero-order valence-corrected chi connectivity index (χ0v) is 15.3. The Bertz CT molecular complexity index is 577. The maximum Gasteiger partial charge on any atom is 0.236 e. The van der Waals surface area contributed by atoms with Crippen LogP contribution in [-0.2, 0) is 16.6 Å². The fraction of sp³-hybridized carbons (Fsp3) is 0.765. The van der Waals surface area contributed by atoms with E-state index in [1.807, 2.05) is 24.3 Å². The molecule has 140 valence electrons. The van der Waals surface area contributed by atoms with Gasteiger partial charge in [-0.2, -0.15) is 5.10 Å². The number of morpholine rings is 1. The van der Waals surface area contributed by atoms with Crippen LogP contribution in [-0.4, -0.2) is 96.0 Å². The van der Waals surface area contributed by atoms with Crippen molar-refractivity contribution >= 4 is 5.91 Å². The minimum atomic E-state index is -0.125. The third kappa shape index (κ3) is 4.38. The van der Waals surface area contributed by atoms with Gasteiger partial charge in [-0.15, -0.1) is 0 Å². The van der Waals surface area contributed by atoms with E-state index in [0.717, 1.165) is 44.7 Å². The van der Waals surface area contributed by atoms with Crippen molar-refractivity contribution in [3.8, 4) is 0 Å². The number of hydrogen-bond donors (Lipinski definition) is 1. The van der Waals surface area contributed by atoms with E-state index in [1.165, 1.54) is 0 Å². The van der Waals surface area contributed by atoms with Crippen LogP contribution in [0.3, 0.4) is 0 Å². The van der Waals surface area contributed by atoms with Gasteiger partial charge in [0, 0.05) is 45.0 Å². The molecule has 0 aliphatic carbocycles. The first-order valence-electron chi connectivity index (χ1n) is 9.09. The van der Waals surface area contributed by atoms with Crippen LogP contribution < -0.4 is 5.73 Å². The predicted molar refractivity (Wildman–Crippen MR) is 95.0 cm³/mol. The molecular weight excluding hydrogens is 320 g/mol. The maximum atomic E-state index is 12.4. The molecule has 0 saturated carbocycles. The van der Waals surface area contributed by atoms with Crippen LogP contribution in [0, 0.1) is 0 Å². The van der Waals surface area contributed by atoms with Gasteiger partial charge in [0.1, 0.15) is 0 Å². The number of amides is 1. The molecule has 0 bridgehead atoms. The first-order chi connectivity index (χ1) is 12.1. The molecule has 2 N–H and O–H groups in total. The minimum absolute atomic E-state index is 0.0258. The number of aromatic nitrogens is 2. The lowest BCUT2D eigenvalue weighted by Gasteiger charge is -2.42. The molecular formula is C17H30N6O2. The average Bonchev–Trinajstić information content (AvgIpc) is 2.93. The highest BCUT2D eigenvalue weighted by Crippen LogP contribution is 2.30. The van der Waals surface area contributed by atoms with Crippen molar-refractivity contribution in [2.45, 2.75) is 18.6 Å². The topological polar surface area (TPSA) is 79.9 Å². The van der Waals surface area contributed by atoms with Crippen molar-refractivity contribution in [3.05, 3.63) is 18.0 Å². The van der Waals surface area contributed by atoms with Gasteiger partial charge in [0.2, 0.25) is 5.91 Å². The molecule has 0 unspecified atom stereocenters. The Morgan fingerprint density at radius 1 is 1.28 bits per heavy atom. The average molecular weight is 350 g/mol. The Labute approximate surface area is 149 Å². The molecule has 25 heavy (non-hydrogen) atoms. The second-order valence-corrected chi connectivity index (χ2v) is 7.05. The third-order valence-corrected chi connectivity index (χ3v) is 5.16. The molecule has 2 atom stereocenters. The number of carbonyl (C=O) groups is 1. The summed E-state index contributed by atoms with van der Waals surface area (Å²) in [5.41, 5.74) is 6.66. The summed E-state index contributed by atoms with van der Waals surface area (Å²) in [5.74, 6) is -0.0299.